The molecule has 0 aliphatic rings. The van der Waals surface area contributed by atoms with Crippen LogP contribution in [0.25, 0.3) is 0 Å². The number of hydrogen-bond acceptors (Lipinski definition) is 3. The van der Waals surface area contributed by atoms with Crippen LogP contribution in [0.3, 0.4) is 0 Å². The third-order valence-corrected chi connectivity index (χ3v) is 2.60. The number of methoxy groups -OCH3 is 1. The number of nitrogens with one attached hydrogen (secondary N) is 1. The fourth-order valence-electron chi connectivity index (χ4n) is 1.77. The molecule has 1 N–H and O–H groups in total. The summed E-state index contributed by atoms with van der Waals surface area (Å²) in [5.41, 5.74) is 0. The van der Waals surface area contributed by atoms with Crippen LogP contribution < -0.4 is 5.32 Å². The van der Waals surface area contributed by atoms with Gasteiger partial charge in [0.2, 0.25) is 0 Å². The van der Waals surface area contributed by atoms with Gasteiger partial charge >= 0.3 is 0 Å². The second kappa shape index (κ2) is 12.9. The molecule has 3 heteroatoms. The maximum Gasteiger partial charge on any atom is 0.0700 e. The highest BCUT2D eigenvalue weighted by Crippen LogP contribution is 2.04. The monoisotopic (exact) mass is 231 g/mol. The molecule has 0 aromatic rings. The average Bonchev–Trinajstić information content (AvgIpc) is 2.28. The van der Waals surface area contributed by atoms with Crippen molar-refractivity contribution < 1.29 is 9.47 Å². The Balaban J connectivity index is 3.25. The minimum Gasteiger partial charge on any atom is -0.382 e. The highest BCUT2D eigenvalue weighted by Gasteiger charge is 2.04. The highest BCUT2D eigenvalue weighted by atomic mass is 16.5. The van der Waals surface area contributed by atoms with Crippen molar-refractivity contribution in [2.24, 2.45) is 0 Å². The summed E-state index contributed by atoms with van der Waals surface area (Å²) < 4.78 is 10.3. The molecular formula is C13H29NO2. The van der Waals surface area contributed by atoms with Crippen LogP contribution in [0.2, 0.25) is 0 Å². The van der Waals surface area contributed by atoms with E-state index in [0.717, 1.165) is 19.6 Å². The quantitative estimate of drug-likeness (QED) is 0.524. The largest absolute Gasteiger partial charge is 0.382 e. The Morgan fingerprint density at radius 2 is 1.69 bits per heavy atom. The first kappa shape index (κ1) is 15.9. The number of ether oxygens (including phenoxy) is 2. The summed E-state index contributed by atoms with van der Waals surface area (Å²) in [4.78, 5) is 0. The molecule has 0 atom stereocenters. The molecule has 0 bridgehead atoms. The van der Waals surface area contributed by atoms with Crippen LogP contribution >= 0.6 is 0 Å². The minimum absolute atomic E-state index is 0.696. The molecule has 0 saturated heterocycles. The Morgan fingerprint density at radius 1 is 1.00 bits per heavy atom. The average molecular weight is 231 g/mol. The lowest BCUT2D eigenvalue weighted by atomic mass is 10.1. The van der Waals surface area contributed by atoms with E-state index in [0.29, 0.717) is 19.3 Å². The van der Waals surface area contributed by atoms with Gasteiger partial charge in [-0.1, -0.05) is 26.7 Å². The Bertz CT molecular complexity index is 125. The molecule has 0 unspecified atom stereocenters. The van der Waals surface area contributed by atoms with Crippen LogP contribution in [-0.2, 0) is 9.47 Å². The first-order valence-corrected chi connectivity index (χ1v) is 6.65. The van der Waals surface area contributed by atoms with E-state index in [1.807, 2.05) is 0 Å². The summed E-state index contributed by atoms with van der Waals surface area (Å²) >= 11 is 0. The lowest BCUT2D eigenvalue weighted by Gasteiger charge is -2.17. The van der Waals surface area contributed by atoms with Crippen LogP contribution in [0.4, 0.5) is 0 Å². The molecule has 0 heterocycles. The molecule has 0 rings (SSSR count). The Kier molecular flexibility index (Phi) is 12.9. The maximum absolute atomic E-state index is 5.41. The van der Waals surface area contributed by atoms with E-state index in [1.165, 1.54) is 25.7 Å². The lowest BCUT2D eigenvalue weighted by molar-refractivity contribution is 0.0692. The van der Waals surface area contributed by atoms with Crippen LogP contribution in [0.1, 0.15) is 46.0 Å². The summed E-state index contributed by atoms with van der Waals surface area (Å²) in [6, 6.07) is 0.703. The first-order chi connectivity index (χ1) is 7.85. The van der Waals surface area contributed by atoms with E-state index in [-0.39, 0.29) is 0 Å². The van der Waals surface area contributed by atoms with Crippen molar-refractivity contribution in [2.75, 3.05) is 33.5 Å². The Hall–Kier alpha value is -0.120. The Labute approximate surface area is 101 Å². The van der Waals surface area contributed by atoms with Crippen molar-refractivity contribution in [1.29, 1.82) is 0 Å². The zero-order valence-corrected chi connectivity index (χ0v) is 11.3. The predicted molar refractivity (Wildman–Crippen MR) is 68.9 cm³/mol. The molecule has 0 fully saturated rings. The van der Waals surface area contributed by atoms with Gasteiger partial charge < -0.3 is 14.8 Å². The molecule has 0 amide bonds. The topological polar surface area (TPSA) is 30.5 Å². The molecule has 98 valence electrons. The van der Waals surface area contributed by atoms with Crippen molar-refractivity contribution in [1.82, 2.24) is 5.32 Å². The summed E-state index contributed by atoms with van der Waals surface area (Å²) in [5.74, 6) is 0. The molecule has 0 saturated carbocycles. The zero-order valence-electron chi connectivity index (χ0n) is 11.3. The molecule has 0 aliphatic heterocycles. The Morgan fingerprint density at radius 3 is 2.25 bits per heavy atom. The van der Waals surface area contributed by atoms with Gasteiger partial charge in [0, 0.05) is 19.8 Å². The molecule has 0 aromatic carbocycles. The van der Waals surface area contributed by atoms with E-state index >= 15 is 0 Å². The fraction of sp³-hybridized carbons (Fsp3) is 1.00. The third-order valence-electron chi connectivity index (χ3n) is 2.60. The third kappa shape index (κ3) is 10.4. The van der Waals surface area contributed by atoms with Crippen molar-refractivity contribution in [3.05, 3.63) is 0 Å². The van der Waals surface area contributed by atoms with Crippen molar-refractivity contribution in [3.8, 4) is 0 Å². The highest BCUT2D eigenvalue weighted by molar-refractivity contribution is 4.65. The normalized spacial score (nSPS) is 11.2. The summed E-state index contributed by atoms with van der Waals surface area (Å²) in [5, 5.41) is 3.60. The van der Waals surface area contributed by atoms with Gasteiger partial charge in [0.25, 0.3) is 0 Å². The van der Waals surface area contributed by atoms with E-state index in [9.17, 15) is 0 Å². The molecular weight excluding hydrogens is 202 g/mol. The van der Waals surface area contributed by atoms with Crippen LogP contribution in [0.15, 0.2) is 0 Å². The summed E-state index contributed by atoms with van der Waals surface area (Å²) in [6.45, 7) is 7.81. The number of hydrogen-bond donors (Lipinski definition) is 1. The maximum atomic E-state index is 5.41. The number of rotatable bonds is 12. The van der Waals surface area contributed by atoms with Gasteiger partial charge in [-0.2, -0.15) is 0 Å². The second-order valence-corrected chi connectivity index (χ2v) is 4.19. The van der Waals surface area contributed by atoms with Gasteiger partial charge in [-0.3, -0.25) is 0 Å². The van der Waals surface area contributed by atoms with E-state index in [4.69, 9.17) is 9.47 Å². The van der Waals surface area contributed by atoms with Gasteiger partial charge in [0.15, 0.2) is 0 Å². The standard InChI is InChI=1S/C13H29NO2/c1-4-7-13(8-5-2)14-9-6-10-16-12-11-15-3/h13-14H,4-12H2,1-3H3. The molecule has 0 aromatic heterocycles. The lowest BCUT2D eigenvalue weighted by Crippen LogP contribution is -2.30. The predicted octanol–water partition coefficient (Wildman–Crippen LogP) is 2.60. The molecule has 16 heavy (non-hydrogen) atoms. The van der Waals surface area contributed by atoms with Gasteiger partial charge in [-0.15, -0.1) is 0 Å². The fourth-order valence-corrected chi connectivity index (χ4v) is 1.77. The SMILES string of the molecule is CCCC(CCC)NCCCOCCOC. The van der Waals surface area contributed by atoms with Crippen LogP contribution in [0.5, 0.6) is 0 Å². The van der Waals surface area contributed by atoms with Gasteiger partial charge in [-0.05, 0) is 25.8 Å². The summed E-state index contributed by atoms with van der Waals surface area (Å²) in [7, 11) is 1.70. The smallest absolute Gasteiger partial charge is 0.0700 e. The molecule has 3 nitrogen and oxygen atoms in total. The van der Waals surface area contributed by atoms with Crippen LogP contribution in [-0.4, -0.2) is 39.5 Å². The molecule has 0 spiro atoms. The van der Waals surface area contributed by atoms with E-state index in [2.05, 4.69) is 19.2 Å². The van der Waals surface area contributed by atoms with Crippen molar-refractivity contribution >= 4 is 0 Å². The van der Waals surface area contributed by atoms with E-state index in [1.54, 1.807) is 7.11 Å². The van der Waals surface area contributed by atoms with Gasteiger partial charge in [0.05, 0.1) is 13.2 Å². The van der Waals surface area contributed by atoms with E-state index < -0.39 is 0 Å². The van der Waals surface area contributed by atoms with Gasteiger partial charge in [0.1, 0.15) is 0 Å². The molecule has 0 radical (unpaired) electrons. The first-order valence-electron chi connectivity index (χ1n) is 6.65. The zero-order chi connectivity index (χ0) is 12.1. The minimum atomic E-state index is 0.696. The molecule has 0 aliphatic carbocycles. The van der Waals surface area contributed by atoms with Crippen LogP contribution in [0, 0.1) is 0 Å². The van der Waals surface area contributed by atoms with Crippen molar-refractivity contribution in [2.45, 2.75) is 52.0 Å². The van der Waals surface area contributed by atoms with Gasteiger partial charge in [-0.25, -0.2) is 0 Å². The van der Waals surface area contributed by atoms with Crippen molar-refractivity contribution in [3.63, 3.8) is 0 Å². The summed E-state index contributed by atoms with van der Waals surface area (Å²) in [6.07, 6.45) is 6.20. The second-order valence-electron chi connectivity index (χ2n) is 4.19.